The molecule has 0 saturated carbocycles. The van der Waals surface area contributed by atoms with Gasteiger partial charge in [-0.3, -0.25) is 19.3 Å². The van der Waals surface area contributed by atoms with Gasteiger partial charge in [-0.15, -0.1) is 11.3 Å². The predicted molar refractivity (Wildman–Crippen MR) is 300 cm³/mol. The van der Waals surface area contributed by atoms with Crippen molar-refractivity contribution in [3.8, 4) is 40.7 Å². The molecule has 420 valence electrons. The molecule has 0 aliphatic carbocycles. The van der Waals surface area contributed by atoms with Gasteiger partial charge in [-0.25, -0.2) is 22.9 Å². The fourth-order valence-corrected chi connectivity index (χ4v) is 12.4. The van der Waals surface area contributed by atoms with Gasteiger partial charge in [0.05, 0.1) is 68.2 Å². The molecule has 0 spiro atoms. The molecule has 1 atom stereocenters. The highest BCUT2D eigenvalue weighted by Gasteiger charge is 2.45. The Balaban J connectivity index is 0.000000203. The number of nitrogen functional groups attached to an aromatic ring is 1. The number of aromatic nitrogens is 4. The maximum Gasteiger partial charge on any atom is 0.340 e. The maximum absolute atomic E-state index is 17.0. The molecular formula is C57H55ClF3N11O8S. The number of rotatable bonds is 10. The van der Waals surface area contributed by atoms with Crippen LogP contribution >= 0.6 is 22.9 Å². The Morgan fingerprint density at radius 1 is 1.04 bits per heavy atom. The number of ether oxygens (including phenoxy) is 3. The fraction of sp³-hybridized carbons (Fsp3) is 0.351. The van der Waals surface area contributed by atoms with Gasteiger partial charge < -0.3 is 44.7 Å². The summed E-state index contributed by atoms with van der Waals surface area (Å²) in [6.07, 6.45) is 3.07. The number of esters is 1. The van der Waals surface area contributed by atoms with Gasteiger partial charge in [0.25, 0.3) is 11.5 Å². The Hall–Kier alpha value is -8.19. The standard InChI is InChI=1S/C34H34ClF2N7O3S.C19H12FN3O5.C2H3N.C2H6/c1-19(17-46-2)32(45)43-13-11-42(12-14-43)31-21-15-23(35)26(20-5-6-24(36)29-25(20)22(16-38)30(39)48-29)27(37)28(21)40-33(41-31)47-18-34-7-3-9-44(34)10-4-8-34;20-12-4-13-8(2-14(12)21-7-24)1-9-5-23-15(16(9)22-13)3-10-11(18(23)26)6-28-19(27)17(10)25;1-2-3;1-2/h5-6,15H,1,3-4,7-14,17-18,39H2,2H3;1-4,7,17,25H,5-6H2,(H,21,24);1H3;1-2H3. The lowest BCUT2D eigenvalue weighted by molar-refractivity contribution is -0.157. The van der Waals surface area contributed by atoms with Crippen molar-refractivity contribution in [2.45, 2.75) is 71.2 Å². The van der Waals surface area contributed by atoms with Gasteiger partial charge in [-0.05, 0) is 74.7 Å². The molecule has 9 heterocycles. The van der Waals surface area contributed by atoms with Gasteiger partial charge in [-0.2, -0.15) is 20.5 Å². The van der Waals surface area contributed by atoms with Crippen LogP contribution in [0.1, 0.15) is 74.8 Å². The van der Waals surface area contributed by atoms with E-state index < -0.39 is 29.5 Å². The lowest BCUT2D eigenvalue weighted by atomic mass is 9.95. The van der Waals surface area contributed by atoms with Crippen molar-refractivity contribution in [2.75, 3.05) is 75.5 Å². The molecule has 2 amide bonds. The van der Waals surface area contributed by atoms with Crippen molar-refractivity contribution < 1.29 is 46.9 Å². The number of methoxy groups -OCH3 is 1. The van der Waals surface area contributed by atoms with E-state index in [0.29, 0.717) is 78.3 Å². The first-order valence-electron chi connectivity index (χ1n) is 26.0. The summed E-state index contributed by atoms with van der Waals surface area (Å²) < 4.78 is 63.9. The number of cyclic esters (lactones) is 1. The van der Waals surface area contributed by atoms with Gasteiger partial charge in [0.15, 0.2) is 11.9 Å². The van der Waals surface area contributed by atoms with Crippen LogP contribution in [0.4, 0.5) is 29.7 Å². The third-order valence-electron chi connectivity index (χ3n) is 14.9. The van der Waals surface area contributed by atoms with Crippen LogP contribution in [0.5, 0.6) is 6.01 Å². The number of amides is 2. The molecule has 5 aliphatic heterocycles. The minimum absolute atomic E-state index is 0.0206. The second-order valence-corrected chi connectivity index (χ2v) is 20.9. The number of halogens is 4. The van der Waals surface area contributed by atoms with Gasteiger partial charge >= 0.3 is 12.0 Å². The first kappa shape index (κ1) is 57.5. The fourth-order valence-electron chi connectivity index (χ4n) is 11.2. The topological polar surface area (TPSA) is 255 Å². The van der Waals surface area contributed by atoms with Gasteiger partial charge in [-0.1, -0.05) is 38.1 Å². The summed E-state index contributed by atoms with van der Waals surface area (Å²) in [5, 5.41) is 30.9. The SMILES string of the molecule is C=C(COC)C(=O)N1CCN(c2nc(OCC34CCCN3CCC4)nc3c(F)c(-c4ccc(F)c5sc(N)c(C#N)c45)c(Cl)cc23)CC1.CC.CC#N.O=CNc1cc2cc3c(nc2cc1F)-c1cc2c(c(=O)n1C3)COC(=O)C2O. The number of aliphatic hydroxyl groups excluding tert-OH is 1. The molecule has 3 aromatic carbocycles. The lowest BCUT2D eigenvalue weighted by Gasteiger charge is -2.36. The Morgan fingerprint density at radius 2 is 1.75 bits per heavy atom. The third kappa shape index (κ3) is 10.6. The Labute approximate surface area is 471 Å². The van der Waals surface area contributed by atoms with Crippen LogP contribution in [0.3, 0.4) is 0 Å². The molecule has 4 aromatic heterocycles. The molecule has 0 radical (unpaired) electrons. The molecule has 19 nitrogen and oxygen atoms in total. The van der Waals surface area contributed by atoms with Crippen molar-refractivity contribution in [3.63, 3.8) is 0 Å². The predicted octanol–water partition coefficient (Wildman–Crippen LogP) is 8.53. The number of anilines is 3. The van der Waals surface area contributed by atoms with E-state index in [-0.39, 0.29) is 102 Å². The highest BCUT2D eigenvalue weighted by molar-refractivity contribution is 7.23. The second kappa shape index (κ2) is 23.9. The van der Waals surface area contributed by atoms with Gasteiger partial charge in [0, 0.05) is 84.7 Å². The summed E-state index contributed by atoms with van der Waals surface area (Å²) in [7, 11) is 1.51. The normalized spacial score (nSPS) is 16.5. The van der Waals surface area contributed by atoms with Crippen LogP contribution in [0.25, 0.3) is 54.4 Å². The molecule has 5 aliphatic rings. The van der Waals surface area contributed by atoms with Crippen LogP contribution in [0.2, 0.25) is 5.02 Å². The number of carbonyl (C=O) groups is 3. The number of thiophene rings is 1. The zero-order valence-corrected chi connectivity index (χ0v) is 46.2. The van der Waals surface area contributed by atoms with Crippen molar-refractivity contribution >= 4 is 89.6 Å². The van der Waals surface area contributed by atoms with E-state index >= 15 is 4.39 Å². The van der Waals surface area contributed by atoms with E-state index in [4.69, 9.17) is 41.8 Å². The first-order valence-corrected chi connectivity index (χ1v) is 27.2. The second-order valence-electron chi connectivity index (χ2n) is 19.4. The summed E-state index contributed by atoms with van der Waals surface area (Å²) in [6.45, 7) is 13.5. The Bertz CT molecular complexity index is 3840. The number of fused-ring (bicyclic) bond motifs is 8. The van der Waals surface area contributed by atoms with E-state index in [1.54, 1.807) is 29.2 Å². The molecule has 24 heteroatoms. The van der Waals surface area contributed by atoms with Crippen LogP contribution < -0.4 is 26.2 Å². The van der Waals surface area contributed by atoms with Crippen LogP contribution in [0, 0.1) is 40.1 Å². The monoisotopic (exact) mass is 1150 g/mol. The number of nitrogens with one attached hydrogen (secondary N) is 1. The molecule has 7 aromatic rings. The number of nitriles is 2. The van der Waals surface area contributed by atoms with Gasteiger partial charge in [0.1, 0.15) is 47.3 Å². The number of nitrogens with zero attached hydrogens (tertiary/aromatic N) is 9. The summed E-state index contributed by atoms with van der Waals surface area (Å²) in [6, 6.07) is 14.0. The smallest absolute Gasteiger partial charge is 0.340 e. The number of hydrogen-bond donors (Lipinski definition) is 3. The van der Waals surface area contributed by atoms with Gasteiger partial charge in [0.2, 0.25) is 6.41 Å². The number of nitrogens with two attached hydrogens (primary N) is 1. The maximum atomic E-state index is 17.0. The van der Waals surface area contributed by atoms with Crippen molar-refractivity contribution in [1.29, 1.82) is 10.5 Å². The van der Waals surface area contributed by atoms with E-state index in [1.807, 2.05) is 24.8 Å². The quantitative estimate of drug-likeness (QED) is 0.0659. The summed E-state index contributed by atoms with van der Waals surface area (Å²) in [4.78, 5) is 68.0. The molecule has 4 N–H and O–H groups in total. The number of pyridine rings is 2. The average molecular weight is 1150 g/mol. The van der Waals surface area contributed by atoms with Crippen molar-refractivity contribution in [2.24, 2.45) is 0 Å². The first-order chi connectivity index (χ1) is 39.0. The molecule has 0 bridgehead atoms. The molecule has 3 saturated heterocycles. The average Bonchev–Trinajstić information content (AvgIpc) is 4.38. The van der Waals surface area contributed by atoms with Crippen molar-refractivity contribution in [3.05, 3.63) is 110 Å². The van der Waals surface area contributed by atoms with Crippen LogP contribution in [0.15, 0.2) is 59.4 Å². The summed E-state index contributed by atoms with van der Waals surface area (Å²) >= 11 is 7.77. The Kier molecular flexibility index (Phi) is 16.9. The molecule has 1 unspecified atom stereocenters. The number of aliphatic hydroxyl groups is 1. The highest BCUT2D eigenvalue weighted by atomic mass is 35.5. The largest absolute Gasteiger partial charge is 0.461 e. The number of carbonyl (C=O) groups excluding carboxylic acids is 3. The summed E-state index contributed by atoms with van der Waals surface area (Å²) in [5.74, 6) is -2.51. The minimum atomic E-state index is -1.53. The minimum Gasteiger partial charge on any atom is -0.461 e. The van der Waals surface area contributed by atoms with E-state index in [2.05, 4.69) is 26.8 Å². The highest BCUT2D eigenvalue weighted by Crippen LogP contribution is 2.46. The number of hydrogen-bond acceptors (Lipinski definition) is 17. The van der Waals surface area contributed by atoms with E-state index in [0.717, 1.165) is 55.7 Å². The molecule has 81 heavy (non-hydrogen) atoms. The zero-order chi connectivity index (χ0) is 58.0. The zero-order valence-electron chi connectivity index (χ0n) is 44.6. The molecule has 3 fully saturated rings. The number of piperazine rings is 1. The van der Waals surface area contributed by atoms with E-state index in [9.17, 15) is 38.3 Å². The lowest BCUT2D eigenvalue weighted by Crippen LogP contribution is -2.49. The summed E-state index contributed by atoms with van der Waals surface area (Å²) in [5.41, 5.74) is 8.72. The third-order valence-corrected chi connectivity index (χ3v) is 16.2. The molecular weight excluding hydrogens is 1090 g/mol. The molecule has 12 rings (SSSR count). The van der Waals surface area contributed by atoms with Crippen LogP contribution in [-0.4, -0.2) is 118 Å². The number of benzene rings is 3. The Morgan fingerprint density at radius 3 is 2.43 bits per heavy atom. The van der Waals surface area contributed by atoms with Crippen LogP contribution in [-0.2, 0) is 37.0 Å². The van der Waals surface area contributed by atoms with E-state index in [1.165, 1.54) is 42.9 Å². The van der Waals surface area contributed by atoms with Crippen molar-refractivity contribution in [1.82, 2.24) is 29.3 Å².